The Balaban J connectivity index is 1.21. The van der Waals surface area contributed by atoms with E-state index < -0.39 is 0 Å². The number of hydrogen-bond donors (Lipinski definition) is 2. The second-order valence-electron chi connectivity index (χ2n) is 8.89. The van der Waals surface area contributed by atoms with E-state index in [2.05, 4.69) is 62.6 Å². The first-order valence-corrected chi connectivity index (χ1v) is 13.6. The van der Waals surface area contributed by atoms with E-state index >= 15 is 0 Å². The number of morpholine rings is 1. The molecule has 0 bridgehead atoms. The molecule has 1 atom stereocenters. The summed E-state index contributed by atoms with van der Waals surface area (Å²) in [5, 5.41) is 3.55. The van der Waals surface area contributed by atoms with Crippen molar-refractivity contribution in [2.45, 2.75) is 39.2 Å². The number of benzene rings is 2. The highest BCUT2D eigenvalue weighted by atomic mass is 32.2. The first kappa shape index (κ1) is 23.2. The van der Waals surface area contributed by atoms with Crippen LogP contribution in [0.25, 0.3) is 0 Å². The van der Waals surface area contributed by atoms with Gasteiger partial charge in [0.15, 0.2) is 0 Å². The first-order chi connectivity index (χ1) is 17.6. The summed E-state index contributed by atoms with van der Waals surface area (Å²) in [6, 6.07) is 20.9. The third-order valence-corrected chi connectivity index (χ3v) is 9.01. The minimum Gasteiger partial charge on any atom is -0.381 e. The van der Waals surface area contributed by atoms with Crippen LogP contribution >= 0.6 is 23.5 Å². The van der Waals surface area contributed by atoms with Gasteiger partial charge in [-0.25, -0.2) is 0 Å². The van der Waals surface area contributed by atoms with Crippen LogP contribution in [0.15, 0.2) is 97.4 Å². The third kappa shape index (κ3) is 4.76. The van der Waals surface area contributed by atoms with Gasteiger partial charge in [0.1, 0.15) is 11.8 Å². The van der Waals surface area contributed by atoms with E-state index in [1.165, 1.54) is 30.7 Å². The van der Waals surface area contributed by atoms with Crippen molar-refractivity contribution in [1.29, 1.82) is 0 Å². The smallest absolute Gasteiger partial charge is 0.271 e. The molecule has 6 nitrogen and oxygen atoms in total. The molecule has 2 N–H and O–H groups in total. The Morgan fingerprint density at radius 2 is 2.03 bits per heavy atom. The lowest BCUT2D eigenvalue weighted by Crippen LogP contribution is -2.41. The Kier molecular flexibility index (Phi) is 6.48. The van der Waals surface area contributed by atoms with Crippen molar-refractivity contribution in [3.05, 3.63) is 100 Å². The number of aromatic amines is 1. The molecule has 0 spiro atoms. The zero-order chi connectivity index (χ0) is 24.5. The number of H-pyrrole nitrogens is 1. The minimum absolute atomic E-state index is 0.0597. The number of pyridine rings is 2. The molecule has 1 fully saturated rings. The van der Waals surface area contributed by atoms with Gasteiger partial charge in [-0.05, 0) is 66.6 Å². The van der Waals surface area contributed by atoms with Gasteiger partial charge < -0.3 is 19.9 Å². The molecule has 4 aromatic rings. The number of anilines is 2. The fourth-order valence-corrected chi connectivity index (χ4v) is 7.07. The van der Waals surface area contributed by atoms with E-state index in [1.807, 2.05) is 31.3 Å². The molecule has 1 unspecified atom stereocenters. The van der Waals surface area contributed by atoms with Gasteiger partial charge in [-0.15, -0.1) is 0 Å². The van der Waals surface area contributed by atoms with Crippen molar-refractivity contribution in [2.75, 3.05) is 29.9 Å². The molecule has 0 amide bonds. The van der Waals surface area contributed by atoms with Gasteiger partial charge in [0.25, 0.3) is 5.56 Å². The quantitative estimate of drug-likeness (QED) is 0.303. The molecule has 4 heterocycles. The first-order valence-electron chi connectivity index (χ1n) is 12.0. The molecule has 1 saturated heterocycles. The van der Waals surface area contributed by atoms with Crippen molar-refractivity contribution in [1.82, 2.24) is 9.97 Å². The molecular weight excluding hydrogens is 488 g/mol. The molecule has 2 aliphatic rings. The van der Waals surface area contributed by atoms with Crippen LogP contribution < -0.4 is 15.8 Å². The predicted octanol–water partition coefficient (Wildman–Crippen LogP) is 5.88. The van der Waals surface area contributed by atoms with E-state index in [0.717, 1.165) is 17.9 Å². The monoisotopic (exact) mass is 514 g/mol. The van der Waals surface area contributed by atoms with E-state index in [0.29, 0.717) is 25.4 Å². The fourth-order valence-electron chi connectivity index (χ4n) is 4.62. The van der Waals surface area contributed by atoms with Crippen LogP contribution in [0.3, 0.4) is 0 Å². The number of rotatable bonds is 5. The van der Waals surface area contributed by atoms with E-state index in [1.54, 1.807) is 29.7 Å². The lowest BCUT2D eigenvalue weighted by Gasteiger charge is -2.35. The summed E-state index contributed by atoms with van der Waals surface area (Å²) in [6.45, 7) is 4.72. The SMILES string of the molecule is Cc1cc(CNc2ccc3c(c2)Sc2cccc(C4CN(c5ccc[nH]c5=O)CCO4)c2S3)ccn1. The lowest BCUT2D eigenvalue weighted by atomic mass is 10.1. The van der Waals surface area contributed by atoms with Gasteiger partial charge in [-0.2, -0.15) is 0 Å². The Morgan fingerprint density at radius 3 is 2.92 bits per heavy atom. The van der Waals surface area contributed by atoms with Crippen molar-refractivity contribution in [2.24, 2.45) is 0 Å². The topological polar surface area (TPSA) is 70.2 Å². The highest BCUT2D eigenvalue weighted by Crippen LogP contribution is 2.51. The summed E-state index contributed by atoms with van der Waals surface area (Å²) in [7, 11) is 0. The van der Waals surface area contributed by atoms with Crippen LogP contribution in [-0.2, 0) is 11.3 Å². The maximum atomic E-state index is 12.3. The molecule has 2 aromatic heterocycles. The van der Waals surface area contributed by atoms with E-state index in [4.69, 9.17) is 4.74 Å². The molecule has 2 aliphatic heterocycles. The Hall–Kier alpha value is -3.20. The molecule has 8 heteroatoms. The van der Waals surface area contributed by atoms with Gasteiger partial charge in [-0.1, -0.05) is 35.7 Å². The number of hydrogen-bond acceptors (Lipinski definition) is 7. The zero-order valence-electron chi connectivity index (χ0n) is 19.9. The summed E-state index contributed by atoms with van der Waals surface area (Å²) < 4.78 is 6.22. The van der Waals surface area contributed by atoms with Crippen LogP contribution in [0.1, 0.15) is 22.9 Å². The van der Waals surface area contributed by atoms with Gasteiger partial charge in [0, 0.05) is 63.0 Å². The fraction of sp³-hybridized carbons (Fsp3) is 0.214. The summed E-state index contributed by atoms with van der Waals surface area (Å²) in [5.74, 6) is 0. The molecule has 6 rings (SSSR count). The molecule has 0 aliphatic carbocycles. The summed E-state index contributed by atoms with van der Waals surface area (Å²) >= 11 is 3.61. The Morgan fingerprint density at radius 1 is 1.08 bits per heavy atom. The molecule has 36 heavy (non-hydrogen) atoms. The van der Waals surface area contributed by atoms with Gasteiger partial charge in [0.05, 0.1) is 6.61 Å². The standard InChI is InChI=1S/C28H26N4O2S2/c1-18-14-19(9-11-29-18)16-31-20-7-8-24-26(15-20)35-25-6-2-4-21(27(25)36-24)23-17-32(12-13-34-23)22-5-3-10-30-28(22)33/h2-11,14-15,23,31H,12-13,16-17H2,1H3,(H,30,33). The van der Waals surface area contributed by atoms with Gasteiger partial charge in [0.2, 0.25) is 0 Å². The second-order valence-corrected chi connectivity index (χ2v) is 11.0. The largest absolute Gasteiger partial charge is 0.381 e. The maximum absolute atomic E-state index is 12.3. The third-order valence-electron chi connectivity index (χ3n) is 6.39. The summed E-state index contributed by atoms with van der Waals surface area (Å²) in [4.78, 5) is 26.5. The number of aryl methyl sites for hydroxylation is 1. The molecule has 0 radical (unpaired) electrons. The van der Waals surface area contributed by atoms with E-state index in [-0.39, 0.29) is 11.7 Å². The highest BCUT2D eigenvalue weighted by molar-refractivity contribution is 8.05. The van der Waals surface area contributed by atoms with E-state index in [9.17, 15) is 4.79 Å². The predicted molar refractivity (Wildman–Crippen MR) is 145 cm³/mol. The molecule has 2 aromatic carbocycles. The highest BCUT2D eigenvalue weighted by Gasteiger charge is 2.29. The number of nitrogens with one attached hydrogen (secondary N) is 2. The van der Waals surface area contributed by atoms with Crippen molar-refractivity contribution in [3.8, 4) is 0 Å². The number of fused-ring (bicyclic) bond motifs is 2. The normalized spacial score (nSPS) is 16.8. The van der Waals surface area contributed by atoms with Gasteiger partial charge >= 0.3 is 0 Å². The molecular formula is C28H26N4O2S2. The van der Waals surface area contributed by atoms with Crippen LogP contribution in [0.2, 0.25) is 0 Å². The van der Waals surface area contributed by atoms with Crippen molar-refractivity contribution < 1.29 is 4.74 Å². The van der Waals surface area contributed by atoms with Crippen LogP contribution in [0, 0.1) is 6.92 Å². The van der Waals surface area contributed by atoms with Crippen LogP contribution in [0.4, 0.5) is 11.4 Å². The Bertz CT molecular complexity index is 1470. The maximum Gasteiger partial charge on any atom is 0.271 e. The van der Waals surface area contributed by atoms with Crippen LogP contribution in [0.5, 0.6) is 0 Å². The van der Waals surface area contributed by atoms with Crippen molar-refractivity contribution in [3.63, 3.8) is 0 Å². The second kappa shape index (κ2) is 10.0. The Labute approximate surface area is 218 Å². The van der Waals surface area contributed by atoms with Crippen molar-refractivity contribution >= 4 is 34.9 Å². The molecule has 0 saturated carbocycles. The average Bonchev–Trinajstić information content (AvgIpc) is 2.91. The summed E-state index contributed by atoms with van der Waals surface area (Å²) in [5.41, 5.74) is 5.18. The summed E-state index contributed by atoms with van der Waals surface area (Å²) in [6.07, 6.45) is 3.43. The minimum atomic E-state index is -0.0901. The van der Waals surface area contributed by atoms with Gasteiger partial charge in [-0.3, -0.25) is 9.78 Å². The lowest BCUT2D eigenvalue weighted by molar-refractivity contribution is 0.0378. The number of nitrogens with zero attached hydrogens (tertiary/aromatic N) is 2. The number of aromatic nitrogens is 2. The number of ether oxygens (including phenoxy) is 1. The zero-order valence-corrected chi connectivity index (χ0v) is 21.5. The molecule has 182 valence electrons. The average molecular weight is 515 g/mol. The van der Waals surface area contributed by atoms with Crippen LogP contribution in [-0.4, -0.2) is 29.7 Å².